The van der Waals surface area contributed by atoms with Gasteiger partial charge in [0.25, 0.3) is 0 Å². The molecule has 0 radical (unpaired) electrons. The Morgan fingerprint density at radius 2 is 1.77 bits per heavy atom. The summed E-state index contributed by atoms with van der Waals surface area (Å²) in [4.78, 5) is 12.6. The van der Waals surface area contributed by atoms with Crippen LogP contribution in [0.15, 0.2) is 59.8 Å². The number of sulfonamides is 1. The number of benzene rings is 2. The van der Waals surface area contributed by atoms with E-state index in [9.17, 15) is 17.6 Å². The van der Waals surface area contributed by atoms with Gasteiger partial charge in [0.1, 0.15) is 5.82 Å². The van der Waals surface area contributed by atoms with Crippen molar-refractivity contribution in [2.45, 2.75) is 49.8 Å². The predicted molar refractivity (Wildman–Crippen MR) is 135 cm³/mol. The van der Waals surface area contributed by atoms with Crippen LogP contribution in [0.2, 0.25) is 0 Å². The Labute approximate surface area is 209 Å². The van der Waals surface area contributed by atoms with Crippen LogP contribution < -0.4 is 9.62 Å². The number of carbonyl (C=O) groups excluding carboxylic acids is 1. The van der Waals surface area contributed by atoms with E-state index in [1.807, 2.05) is 30.3 Å². The van der Waals surface area contributed by atoms with Gasteiger partial charge in [0, 0.05) is 11.7 Å². The second-order valence-corrected chi connectivity index (χ2v) is 11.4. The fraction of sp³-hybridized carbons (Fsp3) is 0.375. The molecule has 0 atom stereocenters. The number of anilines is 1. The van der Waals surface area contributed by atoms with Crippen LogP contribution in [0.1, 0.15) is 37.9 Å². The molecule has 1 fully saturated rings. The quantitative estimate of drug-likeness (QED) is 0.432. The van der Waals surface area contributed by atoms with Gasteiger partial charge in [-0.3, -0.25) is 13.7 Å². The van der Waals surface area contributed by atoms with Crippen molar-refractivity contribution in [2.75, 3.05) is 16.3 Å². The molecule has 1 heterocycles. The maximum atomic E-state index is 13.4. The Balaban J connectivity index is 1.58. The van der Waals surface area contributed by atoms with E-state index >= 15 is 0 Å². The topological polar surface area (TPSA) is 97.2 Å². The minimum Gasteiger partial charge on any atom is -0.353 e. The van der Waals surface area contributed by atoms with Crippen LogP contribution in [0, 0.1) is 5.82 Å². The maximum Gasteiger partial charge on any atom is 0.232 e. The minimum absolute atomic E-state index is 0.0601. The van der Waals surface area contributed by atoms with Crippen molar-refractivity contribution in [2.24, 2.45) is 0 Å². The third-order valence-corrected chi connectivity index (χ3v) is 7.89. The van der Waals surface area contributed by atoms with Crippen molar-refractivity contribution in [1.29, 1.82) is 0 Å². The zero-order valence-corrected chi connectivity index (χ0v) is 21.1. The van der Waals surface area contributed by atoms with Crippen LogP contribution in [0.4, 0.5) is 10.1 Å². The van der Waals surface area contributed by atoms with Crippen molar-refractivity contribution < 1.29 is 17.6 Å². The van der Waals surface area contributed by atoms with E-state index in [-0.39, 0.29) is 24.2 Å². The molecule has 8 nitrogen and oxygen atoms in total. The van der Waals surface area contributed by atoms with Gasteiger partial charge in [0.05, 0.1) is 24.2 Å². The highest BCUT2D eigenvalue weighted by Crippen LogP contribution is 2.26. The molecule has 1 aliphatic rings. The molecule has 1 aromatic heterocycles. The summed E-state index contributed by atoms with van der Waals surface area (Å²) in [5, 5.41) is 12.1. The van der Waals surface area contributed by atoms with E-state index in [0.717, 1.165) is 41.9 Å². The van der Waals surface area contributed by atoms with Crippen LogP contribution in [0.3, 0.4) is 0 Å². The summed E-state index contributed by atoms with van der Waals surface area (Å²) in [5.74, 6) is 0.0333. The number of carbonyl (C=O) groups is 1. The van der Waals surface area contributed by atoms with Gasteiger partial charge in [-0.1, -0.05) is 49.2 Å². The van der Waals surface area contributed by atoms with Gasteiger partial charge in [0.15, 0.2) is 11.0 Å². The van der Waals surface area contributed by atoms with Crippen molar-refractivity contribution in [3.8, 4) is 5.69 Å². The van der Waals surface area contributed by atoms with E-state index < -0.39 is 15.8 Å². The van der Waals surface area contributed by atoms with Gasteiger partial charge in [-0.15, -0.1) is 10.2 Å². The Hall–Kier alpha value is -2.92. The Morgan fingerprint density at radius 1 is 1.09 bits per heavy atom. The van der Waals surface area contributed by atoms with Gasteiger partial charge in [-0.25, -0.2) is 12.8 Å². The van der Waals surface area contributed by atoms with Crippen LogP contribution in [-0.2, 0) is 21.4 Å². The predicted octanol–water partition coefficient (Wildman–Crippen LogP) is 3.91. The smallest absolute Gasteiger partial charge is 0.232 e. The fourth-order valence-electron chi connectivity index (χ4n) is 4.11. The molecular formula is C24H28FN5O3S2. The number of amides is 1. The molecule has 1 amide bonds. The van der Waals surface area contributed by atoms with E-state index in [4.69, 9.17) is 0 Å². The summed E-state index contributed by atoms with van der Waals surface area (Å²) < 4.78 is 41.5. The first-order valence-electron chi connectivity index (χ1n) is 11.5. The molecule has 0 unspecified atom stereocenters. The number of nitrogens with zero attached hydrogens (tertiary/aromatic N) is 4. The minimum atomic E-state index is -3.70. The van der Waals surface area contributed by atoms with E-state index in [2.05, 4.69) is 15.5 Å². The molecule has 1 N–H and O–H groups in total. The van der Waals surface area contributed by atoms with Crippen molar-refractivity contribution in [3.63, 3.8) is 0 Å². The summed E-state index contributed by atoms with van der Waals surface area (Å²) in [5.41, 5.74) is 1.06. The molecule has 186 valence electrons. The number of thioether (sulfide) groups is 1. The van der Waals surface area contributed by atoms with E-state index in [1.165, 1.54) is 42.4 Å². The fourth-order valence-corrected chi connectivity index (χ4v) is 5.75. The number of aromatic nitrogens is 3. The molecular weight excluding hydrogens is 489 g/mol. The van der Waals surface area contributed by atoms with Crippen LogP contribution in [0.25, 0.3) is 5.69 Å². The molecule has 11 heteroatoms. The molecule has 0 saturated heterocycles. The van der Waals surface area contributed by atoms with Crippen molar-refractivity contribution in [3.05, 3.63) is 66.2 Å². The first-order valence-corrected chi connectivity index (χ1v) is 14.3. The largest absolute Gasteiger partial charge is 0.353 e. The molecule has 1 saturated carbocycles. The normalized spacial score (nSPS) is 14.6. The highest BCUT2D eigenvalue weighted by Gasteiger charge is 2.24. The first-order chi connectivity index (χ1) is 16.8. The lowest BCUT2D eigenvalue weighted by Gasteiger charge is -2.23. The van der Waals surface area contributed by atoms with Gasteiger partial charge in [0.2, 0.25) is 15.9 Å². The second-order valence-electron chi connectivity index (χ2n) is 8.51. The second kappa shape index (κ2) is 11.2. The highest BCUT2D eigenvalue weighted by atomic mass is 32.2. The van der Waals surface area contributed by atoms with Crippen molar-refractivity contribution >= 4 is 33.4 Å². The molecule has 4 rings (SSSR count). The Bertz CT molecular complexity index is 1240. The Kier molecular flexibility index (Phi) is 8.07. The highest BCUT2D eigenvalue weighted by molar-refractivity contribution is 7.99. The molecule has 3 aromatic rings. The van der Waals surface area contributed by atoms with Crippen molar-refractivity contribution in [1.82, 2.24) is 20.1 Å². The van der Waals surface area contributed by atoms with Gasteiger partial charge < -0.3 is 5.32 Å². The number of nitrogens with one attached hydrogen (secondary N) is 1. The summed E-state index contributed by atoms with van der Waals surface area (Å²) in [6.45, 7) is -0.110. The SMILES string of the molecule is CS(=O)(=O)N(Cc1nnc(SCC(=O)NC2CCCCC2)n1-c1ccccc1)c1ccc(F)cc1. The molecule has 35 heavy (non-hydrogen) atoms. The molecule has 1 aliphatic carbocycles. The number of hydrogen-bond acceptors (Lipinski definition) is 6. The molecule has 0 bridgehead atoms. The summed E-state index contributed by atoms with van der Waals surface area (Å²) in [7, 11) is -3.70. The standard InChI is InChI=1S/C24H28FN5O3S2/c1-35(32,33)29(20-14-12-18(25)13-15-20)16-22-27-28-24(30(22)21-10-6-3-7-11-21)34-17-23(31)26-19-8-4-2-5-9-19/h3,6-7,10-15,19H,2,4-5,8-9,16-17H2,1H3,(H,26,31). The van der Waals surface area contributed by atoms with E-state index in [0.29, 0.717) is 16.7 Å². The zero-order chi connectivity index (χ0) is 24.8. The van der Waals surface area contributed by atoms with Crippen LogP contribution in [0.5, 0.6) is 0 Å². The van der Waals surface area contributed by atoms with Crippen LogP contribution >= 0.6 is 11.8 Å². The maximum absolute atomic E-state index is 13.4. The lowest BCUT2D eigenvalue weighted by Crippen LogP contribution is -2.37. The number of halogens is 1. The average molecular weight is 518 g/mol. The monoisotopic (exact) mass is 517 g/mol. The lowest BCUT2D eigenvalue weighted by molar-refractivity contribution is -0.119. The summed E-state index contributed by atoms with van der Waals surface area (Å²) >= 11 is 1.25. The van der Waals surface area contributed by atoms with Gasteiger partial charge >= 0.3 is 0 Å². The summed E-state index contributed by atoms with van der Waals surface area (Å²) in [6, 6.07) is 14.8. The number of para-hydroxylation sites is 1. The zero-order valence-electron chi connectivity index (χ0n) is 19.4. The van der Waals surface area contributed by atoms with E-state index in [1.54, 1.807) is 4.57 Å². The molecule has 0 aliphatic heterocycles. The van der Waals surface area contributed by atoms with Gasteiger partial charge in [-0.05, 0) is 49.2 Å². The first kappa shape index (κ1) is 25.2. The summed E-state index contributed by atoms with van der Waals surface area (Å²) in [6.07, 6.45) is 6.58. The number of hydrogen-bond donors (Lipinski definition) is 1. The molecule has 2 aromatic carbocycles. The Morgan fingerprint density at radius 3 is 2.43 bits per heavy atom. The average Bonchev–Trinajstić information content (AvgIpc) is 3.25. The lowest BCUT2D eigenvalue weighted by atomic mass is 9.95. The third-order valence-electron chi connectivity index (χ3n) is 5.82. The molecule has 0 spiro atoms. The number of rotatable bonds is 9. The third kappa shape index (κ3) is 6.61. The van der Waals surface area contributed by atoms with Gasteiger partial charge in [-0.2, -0.15) is 0 Å². The van der Waals surface area contributed by atoms with Crippen LogP contribution in [-0.4, -0.2) is 47.1 Å².